The Morgan fingerprint density at radius 3 is 2.65 bits per heavy atom. The Morgan fingerprint density at radius 2 is 1.87 bits per heavy atom. The highest BCUT2D eigenvalue weighted by Crippen LogP contribution is 2.27. The lowest BCUT2D eigenvalue weighted by atomic mass is 10.1. The van der Waals surface area contributed by atoms with Gasteiger partial charge >= 0.3 is 0 Å². The van der Waals surface area contributed by atoms with E-state index in [1.165, 1.54) is 18.3 Å². The molecule has 0 saturated heterocycles. The highest BCUT2D eigenvalue weighted by Gasteiger charge is 2.14. The summed E-state index contributed by atoms with van der Waals surface area (Å²) >= 11 is 1.42. The van der Waals surface area contributed by atoms with Gasteiger partial charge in [-0.25, -0.2) is 4.98 Å². The number of rotatable bonds is 3. The predicted molar refractivity (Wildman–Crippen MR) is 93.1 cm³/mol. The third-order valence-electron chi connectivity index (χ3n) is 3.25. The second-order valence-corrected chi connectivity index (χ2v) is 6.20. The molecule has 116 valence electrons. The van der Waals surface area contributed by atoms with Crippen LogP contribution in [0.4, 0.5) is 10.8 Å². The SMILES string of the molecule is CC(=O)Nc1ccccc1C(=O)Nc1nc2ccc(C)cc2s1. The largest absolute Gasteiger partial charge is 0.326 e. The Hall–Kier alpha value is -2.73. The number of anilines is 2. The summed E-state index contributed by atoms with van der Waals surface area (Å²) < 4.78 is 1.02. The van der Waals surface area contributed by atoms with E-state index in [9.17, 15) is 9.59 Å². The summed E-state index contributed by atoms with van der Waals surface area (Å²) in [6, 6.07) is 12.8. The number of thiazole rings is 1. The fraction of sp³-hybridized carbons (Fsp3) is 0.118. The average Bonchev–Trinajstić information content (AvgIpc) is 2.88. The van der Waals surface area contributed by atoms with Gasteiger partial charge in [0.15, 0.2) is 5.13 Å². The molecule has 0 fully saturated rings. The number of hydrogen-bond donors (Lipinski definition) is 2. The summed E-state index contributed by atoms with van der Waals surface area (Å²) in [5.74, 6) is -0.522. The molecular formula is C17H15N3O2S. The van der Waals surface area contributed by atoms with Crippen molar-refractivity contribution in [1.29, 1.82) is 0 Å². The van der Waals surface area contributed by atoms with Crippen molar-refractivity contribution in [3.05, 3.63) is 53.6 Å². The van der Waals surface area contributed by atoms with Gasteiger partial charge in [0.2, 0.25) is 5.91 Å². The van der Waals surface area contributed by atoms with Crippen molar-refractivity contribution in [2.24, 2.45) is 0 Å². The zero-order chi connectivity index (χ0) is 16.4. The first-order valence-corrected chi connectivity index (χ1v) is 7.90. The molecule has 1 aromatic heterocycles. The van der Waals surface area contributed by atoms with Gasteiger partial charge in [-0.15, -0.1) is 0 Å². The number of amides is 2. The van der Waals surface area contributed by atoms with Crippen LogP contribution in [0.25, 0.3) is 10.2 Å². The standard InChI is InChI=1S/C17H15N3O2S/c1-10-7-8-14-15(9-10)23-17(19-14)20-16(22)12-5-3-4-6-13(12)18-11(2)21/h3-9H,1-2H3,(H,18,21)(H,19,20,22). The zero-order valence-electron chi connectivity index (χ0n) is 12.7. The number of carbonyl (C=O) groups is 2. The lowest BCUT2D eigenvalue weighted by Crippen LogP contribution is -2.16. The van der Waals surface area contributed by atoms with Gasteiger partial charge < -0.3 is 5.32 Å². The fourth-order valence-electron chi connectivity index (χ4n) is 2.23. The van der Waals surface area contributed by atoms with Crippen molar-refractivity contribution in [3.63, 3.8) is 0 Å². The molecule has 3 rings (SSSR count). The van der Waals surface area contributed by atoms with E-state index in [1.54, 1.807) is 24.3 Å². The van der Waals surface area contributed by atoms with E-state index < -0.39 is 0 Å². The molecule has 1 heterocycles. The molecule has 0 radical (unpaired) electrons. The summed E-state index contributed by atoms with van der Waals surface area (Å²) in [5, 5.41) is 5.99. The van der Waals surface area contributed by atoms with Crippen LogP contribution in [0, 0.1) is 6.92 Å². The number of aromatic nitrogens is 1. The first-order chi connectivity index (χ1) is 11.0. The maximum absolute atomic E-state index is 12.5. The van der Waals surface area contributed by atoms with Gasteiger partial charge in [-0.3, -0.25) is 14.9 Å². The van der Waals surface area contributed by atoms with E-state index in [0.717, 1.165) is 15.8 Å². The van der Waals surface area contributed by atoms with E-state index in [2.05, 4.69) is 15.6 Å². The number of para-hydroxylation sites is 1. The average molecular weight is 325 g/mol. The molecule has 0 aliphatic carbocycles. The van der Waals surface area contributed by atoms with Gasteiger partial charge in [-0.05, 0) is 36.8 Å². The van der Waals surface area contributed by atoms with E-state index in [1.807, 2.05) is 25.1 Å². The lowest BCUT2D eigenvalue weighted by Gasteiger charge is -2.08. The number of benzene rings is 2. The van der Waals surface area contributed by atoms with E-state index in [4.69, 9.17) is 0 Å². The summed E-state index contributed by atoms with van der Waals surface area (Å²) in [4.78, 5) is 28.1. The minimum absolute atomic E-state index is 0.222. The summed E-state index contributed by atoms with van der Waals surface area (Å²) in [5.41, 5.74) is 2.88. The normalized spacial score (nSPS) is 10.5. The molecule has 0 saturated carbocycles. The number of nitrogens with one attached hydrogen (secondary N) is 2. The first-order valence-electron chi connectivity index (χ1n) is 7.08. The first kappa shape index (κ1) is 15.2. The summed E-state index contributed by atoms with van der Waals surface area (Å²) in [7, 11) is 0. The third kappa shape index (κ3) is 3.37. The van der Waals surface area contributed by atoms with Gasteiger partial charge in [0, 0.05) is 6.92 Å². The van der Waals surface area contributed by atoms with Gasteiger partial charge in [-0.2, -0.15) is 0 Å². The maximum atomic E-state index is 12.5. The molecule has 2 aromatic carbocycles. The fourth-order valence-corrected chi connectivity index (χ4v) is 3.19. The number of hydrogen-bond acceptors (Lipinski definition) is 4. The van der Waals surface area contributed by atoms with Gasteiger partial charge in [-0.1, -0.05) is 29.5 Å². The Morgan fingerprint density at radius 1 is 1.09 bits per heavy atom. The molecule has 2 amide bonds. The number of fused-ring (bicyclic) bond motifs is 1. The molecule has 0 spiro atoms. The Bertz CT molecular complexity index is 902. The second kappa shape index (κ2) is 6.18. The van der Waals surface area contributed by atoms with Crippen LogP contribution in [-0.4, -0.2) is 16.8 Å². The van der Waals surface area contributed by atoms with Crippen molar-refractivity contribution in [2.75, 3.05) is 10.6 Å². The Kier molecular flexibility index (Phi) is 4.08. The van der Waals surface area contributed by atoms with Crippen LogP contribution >= 0.6 is 11.3 Å². The Labute approximate surface area is 137 Å². The monoisotopic (exact) mass is 325 g/mol. The van der Waals surface area contributed by atoms with Crippen LogP contribution < -0.4 is 10.6 Å². The van der Waals surface area contributed by atoms with Crippen molar-refractivity contribution in [3.8, 4) is 0 Å². The van der Waals surface area contributed by atoms with Crippen LogP contribution in [0.15, 0.2) is 42.5 Å². The van der Waals surface area contributed by atoms with Crippen LogP contribution in [-0.2, 0) is 4.79 Å². The van der Waals surface area contributed by atoms with Crippen LogP contribution in [0.3, 0.4) is 0 Å². The van der Waals surface area contributed by atoms with Crippen molar-refractivity contribution in [1.82, 2.24) is 4.98 Å². The molecule has 3 aromatic rings. The molecule has 6 heteroatoms. The highest BCUT2D eigenvalue weighted by molar-refractivity contribution is 7.22. The minimum atomic E-state index is -0.301. The number of carbonyl (C=O) groups excluding carboxylic acids is 2. The van der Waals surface area contributed by atoms with Crippen molar-refractivity contribution in [2.45, 2.75) is 13.8 Å². The molecule has 0 aliphatic heterocycles. The molecule has 23 heavy (non-hydrogen) atoms. The van der Waals surface area contributed by atoms with Gasteiger partial charge in [0.1, 0.15) is 0 Å². The summed E-state index contributed by atoms with van der Waals surface area (Å²) in [6.07, 6.45) is 0. The molecule has 5 nitrogen and oxygen atoms in total. The molecule has 0 bridgehead atoms. The minimum Gasteiger partial charge on any atom is -0.326 e. The number of aryl methyl sites for hydroxylation is 1. The quantitative estimate of drug-likeness (QED) is 0.769. The molecular weight excluding hydrogens is 310 g/mol. The van der Waals surface area contributed by atoms with E-state index in [0.29, 0.717) is 16.4 Å². The summed E-state index contributed by atoms with van der Waals surface area (Å²) in [6.45, 7) is 3.42. The van der Waals surface area contributed by atoms with Crippen LogP contribution in [0.2, 0.25) is 0 Å². The molecule has 0 unspecified atom stereocenters. The topological polar surface area (TPSA) is 71.1 Å². The molecule has 2 N–H and O–H groups in total. The van der Waals surface area contributed by atoms with Gasteiger partial charge in [0.05, 0.1) is 21.5 Å². The van der Waals surface area contributed by atoms with E-state index >= 15 is 0 Å². The van der Waals surface area contributed by atoms with Crippen LogP contribution in [0.5, 0.6) is 0 Å². The van der Waals surface area contributed by atoms with Crippen LogP contribution in [0.1, 0.15) is 22.8 Å². The predicted octanol–water partition coefficient (Wildman–Crippen LogP) is 3.82. The zero-order valence-corrected chi connectivity index (χ0v) is 13.5. The lowest BCUT2D eigenvalue weighted by molar-refractivity contribution is -0.114. The van der Waals surface area contributed by atoms with Gasteiger partial charge in [0.25, 0.3) is 5.91 Å². The Balaban J connectivity index is 1.87. The maximum Gasteiger partial charge on any atom is 0.259 e. The van der Waals surface area contributed by atoms with Crippen molar-refractivity contribution >= 4 is 44.2 Å². The third-order valence-corrected chi connectivity index (χ3v) is 4.18. The highest BCUT2D eigenvalue weighted by atomic mass is 32.1. The molecule has 0 atom stereocenters. The second-order valence-electron chi connectivity index (χ2n) is 5.17. The smallest absolute Gasteiger partial charge is 0.259 e. The van der Waals surface area contributed by atoms with Crippen molar-refractivity contribution < 1.29 is 9.59 Å². The number of nitrogens with zero attached hydrogens (tertiary/aromatic N) is 1. The van der Waals surface area contributed by atoms with E-state index in [-0.39, 0.29) is 11.8 Å². The molecule has 0 aliphatic rings.